The van der Waals surface area contributed by atoms with Crippen LogP contribution in [0.15, 0.2) is 29.3 Å². The highest BCUT2D eigenvalue weighted by atomic mass is 16.6. The van der Waals surface area contributed by atoms with Crippen LogP contribution in [-0.2, 0) is 20.7 Å². The number of rotatable bonds is 10. The first kappa shape index (κ1) is 25.3. The Kier molecular flexibility index (Phi) is 11.3. The maximum absolute atomic E-state index is 11.8. The molecule has 0 saturated heterocycles. The Morgan fingerprint density at radius 3 is 2.27 bits per heavy atom. The van der Waals surface area contributed by atoms with Gasteiger partial charge in [-0.3, -0.25) is 15.1 Å². The molecule has 0 aliphatic heterocycles. The number of nitrogens with one attached hydrogen (secondary N) is 3. The van der Waals surface area contributed by atoms with Crippen LogP contribution >= 0.6 is 0 Å². The number of amides is 1. The smallest absolute Gasteiger partial charge is 0.412 e. The monoisotopic (exact) mass is 420 g/mol. The summed E-state index contributed by atoms with van der Waals surface area (Å²) in [5.41, 5.74) is 1.33. The fourth-order valence-electron chi connectivity index (χ4n) is 2.60. The molecule has 0 aliphatic rings. The summed E-state index contributed by atoms with van der Waals surface area (Å²) in [4.78, 5) is 27.1. The van der Waals surface area contributed by atoms with Gasteiger partial charge in [-0.25, -0.2) is 4.79 Å². The number of anilines is 1. The Morgan fingerprint density at radius 1 is 1.00 bits per heavy atom. The van der Waals surface area contributed by atoms with E-state index >= 15 is 0 Å². The van der Waals surface area contributed by atoms with E-state index in [1.165, 1.54) is 7.11 Å². The molecule has 1 rings (SSSR count). The zero-order valence-corrected chi connectivity index (χ0v) is 18.8. The number of benzene rings is 1. The third-order valence-electron chi connectivity index (χ3n) is 4.11. The van der Waals surface area contributed by atoms with E-state index in [1.807, 2.05) is 45.0 Å². The van der Waals surface area contributed by atoms with Crippen molar-refractivity contribution < 1.29 is 19.1 Å². The van der Waals surface area contributed by atoms with Crippen molar-refractivity contribution in [1.82, 2.24) is 10.6 Å². The Hall–Kier alpha value is -2.77. The van der Waals surface area contributed by atoms with E-state index in [-0.39, 0.29) is 5.97 Å². The molecule has 0 aromatic heterocycles. The standard InChI is InChI=1S/C22H36N4O4/c1-22(2,3)30-21(28)26-18-12-10-17(11-13-18)14-16-25-20(23-4)24-15-8-6-7-9-19(27)29-5/h10-13H,6-9,14-16H2,1-5H3,(H,26,28)(H2,23,24,25). The summed E-state index contributed by atoms with van der Waals surface area (Å²) in [6.07, 6.45) is 3.59. The number of carbonyl (C=O) groups is 2. The molecule has 0 fully saturated rings. The highest BCUT2D eigenvalue weighted by Crippen LogP contribution is 2.13. The number of hydrogen-bond donors (Lipinski definition) is 3. The summed E-state index contributed by atoms with van der Waals surface area (Å²) < 4.78 is 9.87. The zero-order chi connectivity index (χ0) is 22.4. The van der Waals surface area contributed by atoms with Crippen molar-refractivity contribution in [3.63, 3.8) is 0 Å². The van der Waals surface area contributed by atoms with Gasteiger partial charge in [-0.1, -0.05) is 18.6 Å². The molecule has 30 heavy (non-hydrogen) atoms. The lowest BCUT2D eigenvalue weighted by molar-refractivity contribution is -0.140. The number of aliphatic imine (C=N–C) groups is 1. The van der Waals surface area contributed by atoms with E-state index in [0.29, 0.717) is 12.1 Å². The van der Waals surface area contributed by atoms with Crippen molar-refractivity contribution in [2.75, 3.05) is 32.6 Å². The van der Waals surface area contributed by atoms with E-state index in [4.69, 9.17) is 4.74 Å². The van der Waals surface area contributed by atoms with Gasteiger partial charge in [0, 0.05) is 32.2 Å². The summed E-state index contributed by atoms with van der Waals surface area (Å²) in [6, 6.07) is 7.68. The van der Waals surface area contributed by atoms with Gasteiger partial charge in [0.1, 0.15) is 5.60 Å². The van der Waals surface area contributed by atoms with E-state index in [0.717, 1.165) is 50.3 Å². The molecule has 168 valence electrons. The SMILES string of the molecule is CN=C(NCCCCCC(=O)OC)NCCc1ccc(NC(=O)OC(C)(C)C)cc1. The number of ether oxygens (including phenoxy) is 2. The third kappa shape index (κ3) is 11.9. The van der Waals surface area contributed by atoms with Crippen molar-refractivity contribution in [3.05, 3.63) is 29.8 Å². The second kappa shape index (κ2) is 13.5. The number of hydrogen-bond acceptors (Lipinski definition) is 5. The average Bonchev–Trinajstić information content (AvgIpc) is 2.68. The minimum Gasteiger partial charge on any atom is -0.469 e. The number of carbonyl (C=O) groups excluding carboxylic acids is 2. The molecule has 0 aliphatic carbocycles. The van der Waals surface area contributed by atoms with Gasteiger partial charge in [-0.15, -0.1) is 0 Å². The fourth-order valence-corrected chi connectivity index (χ4v) is 2.60. The first-order valence-electron chi connectivity index (χ1n) is 10.3. The molecule has 0 spiro atoms. The van der Waals surface area contributed by atoms with Crippen molar-refractivity contribution in [2.24, 2.45) is 4.99 Å². The molecule has 1 aromatic rings. The topological polar surface area (TPSA) is 101 Å². The second-order valence-electron chi connectivity index (χ2n) is 7.89. The van der Waals surface area contributed by atoms with E-state index in [9.17, 15) is 9.59 Å². The van der Waals surface area contributed by atoms with E-state index < -0.39 is 11.7 Å². The third-order valence-corrected chi connectivity index (χ3v) is 4.11. The normalized spacial score (nSPS) is 11.6. The molecule has 3 N–H and O–H groups in total. The first-order valence-corrected chi connectivity index (χ1v) is 10.3. The summed E-state index contributed by atoms with van der Waals surface area (Å²) in [7, 11) is 3.15. The van der Waals surface area contributed by atoms with Gasteiger partial charge in [0.15, 0.2) is 5.96 Å². The number of nitrogens with zero attached hydrogens (tertiary/aromatic N) is 1. The summed E-state index contributed by atoms with van der Waals surface area (Å²) in [5, 5.41) is 9.28. The molecule has 0 atom stereocenters. The largest absolute Gasteiger partial charge is 0.469 e. The minimum absolute atomic E-state index is 0.158. The van der Waals surface area contributed by atoms with Crippen LogP contribution in [-0.4, -0.2) is 50.9 Å². The molecule has 0 radical (unpaired) electrons. The summed E-state index contributed by atoms with van der Waals surface area (Å²) >= 11 is 0. The van der Waals surface area contributed by atoms with Gasteiger partial charge >= 0.3 is 12.1 Å². The summed E-state index contributed by atoms with van der Waals surface area (Å²) in [5.74, 6) is 0.597. The minimum atomic E-state index is -0.522. The van der Waals surface area contributed by atoms with Crippen LogP contribution in [0.2, 0.25) is 0 Å². The number of guanidine groups is 1. The molecule has 0 heterocycles. The zero-order valence-electron chi connectivity index (χ0n) is 18.8. The molecule has 1 aromatic carbocycles. The van der Waals surface area contributed by atoms with Crippen molar-refractivity contribution in [2.45, 2.75) is 58.5 Å². The predicted molar refractivity (Wildman–Crippen MR) is 120 cm³/mol. The van der Waals surface area contributed by atoms with Crippen molar-refractivity contribution >= 4 is 23.7 Å². The van der Waals surface area contributed by atoms with Crippen LogP contribution in [0.25, 0.3) is 0 Å². The van der Waals surface area contributed by atoms with Crippen molar-refractivity contribution in [3.8, 4) is 0 Å². The van der Waals surface area contributed by atoms with Gasteiger partial charge in [0.25, 0.3) is 0 Å². The van der Waals surface area contributed by atoms with Crippen LogP contribution in [0.3, 0.4) is 0 Å². The lowest BCUT2D eigenvalue weighted by Gasteiger charge is -2.19. The number of unbranched alkanes of at least 4 members (excludes halogenated alkanes) is 2. The van der Waals surface area contributed by atoms with Crippen LogP contribution in [0.5, 0.6) is 0 Å². The Balaban J connectivity index is 2.25. The molecule has 0 saturated carbocycles. The lowest BCUT2D eigenvalue weighted by Crippen LogP contribution is -2.38. The highest BCUT2D eigenvalue weighted by Gasteiger charge is 2.16. The quantitative estimate of drug-likeness (QED) is 0.232. The molecule has 8 heteroatoms. The second-order valence-corrected chi connectivity index (χ2v) is 7.89. The van der Waals surface area contributed by atoms with Crippen LogP contribution in [0, 0.1) is 0 Å². The fraction of sp³-hybridized carbons (Fsp3) is 0.591. The van der Waals surface area contributed by atoms with Gasteiger partial charge in [0.2, 0.25) is 0 Å². The lowest BCUT2D eigenvalue weighted by atomic mass is 10.1. The molecule has 8 nitrogen and oxygen atoms in total. The first-order chi connectivity index (χ1) is 14.2. The maximum atomic E-state index is 11.8. The molecule has 0 bridgehead atoms. The molecule has 1 amide bonds. The van der Waals surface area contributed by atoms with Gasteiger partial charge < -0.3 is 20.1 Å². The maximum Gasteiger partial charge on any atom is 0.412 e. The Bertz CT molecular complexity index is 681. The van der Waals surface area contributed by atoms with Gasteiger partial charge in [-0.2, -0.15) is 0 Å². The van der Waals surface area contributed by atoms with Crippen LogP contribution < -0.4 is 16.0 Å². The van der Waals surface area contributed by atoms with Gasteiger partial charge in [0.05, 0.1) is 7.11 Å². The van der Waals surface area contributed by atoms with E-state index in [1.54, 1.807) is 7.05 Å². The molecular formula is C22H36N4O4. The van der Waals surface area contributed by atoms with Gasteiger partial charge in [-0.05, 0) is 57.7 Å². The number of esters is 1. The molecule has 0 unspecified atom stereocenters. The van der Waals surface area contributed by atoms with Crippen LogP contribution in [0.1, 0.15) is 52.0 Å². The number of methoxy groups -OCH3 is 1. The Morgan fingerprint density at radius 2 is 1.67 bits per heavy atom. The molecular weight excluding hydrogens is 384 g/mol. The Labute approximate surface area is 179 Å². The van der Waals surface area contributed by atoms with E-state index in [2.05, 4.69) is 25.7 Å². The summed E-state index contributed by atoms with van der Waals surface area (Å²) in [6.45, 7) is 7.02. The highest BCUT2D eigenvalue weighted by molar-refractivity contribution is 5.84. The van der Waals surface area contributed by atoms with Crippen molar-refractivity contribution in [1.29, 1.82) is 0 Å². The van der Waals surface area contributed by atoms with Crippen LogP contribution in [0.4, 0.5) is 10.5 Å². The average molecular weight is 421 g/mol. The predicted octanol–water partition coefficient (Wildman–Crippen LogP) is 3.47.